The molecule has 0 atom stereocenters. The van der Waals surface area contributed by atoms with E-state index in [1.807, 2.05) is 0 Å². The third-order valence-corrected chi connectivity index (χ3v) is 2.89. The van der Waals surface area contributed by atoms with Crippen LogP contribution in [0.25, 0.3) is 0 Å². The fraction of sp³-hybridized carbons (Fsp3) is 1.00. The van der Waals surface area contributed by atoms with Crippen molar-refractivity contribution in [3.05, 3.63) is 0 Å². The second-order valence-corrected chi connectivity index (χ2v) is 4.83. The van der Waals surface area contributed by atoms with E-state index in [1.54, 1.807) is 0 Å². The minimum atomic E-state index is 0.768. The fourth-order valence-electron chi connectivity index (χ4n) is 1.83. The Balaban J connectivity index is 2.00. The molecular formula is C15H30O5. The van der Waals surface area contributed by atoms with Gasteiger partial charge in [-0.2, -0.15) is 0 Å². The summed E-state index contributed by atoms with van der Waals surface area (Å²) in [5, 5.41) is 0. The molecule has 1 aliphatic heterocycles. The Bertz CT molecular complexity index is 103. The zero-order chi connectivity index (χ0) is 14.1. The molecule has 0 amide bonds. The Hall–Kier alpha value is -0.200. The molecule has 0 aliphatic carbocycles. The predicted octanol–water partition coefficient (Wildman–Crippen LogP) is 2.03. The Labute approximate surface area is 122 Å². The van der Waals surface area contributed by atoms with Crippen molar-refractivity contribution in [3.8, 4) is 0 Å². The monoisotopic (exact) mass is 290 g/mol. The first kappa shape index (κ1) is 17.9. The highest BCUT2D eigenvalue weighted by Gasteiger charge is 1.96. The van der Waals surface area contributed by atoms with Crippen molar-refractivity contribution in [2.45, 2.75) is 32.1 Å². The summed E-state index contributed by atoms with van der Waals surface area (Å²) >= 11 is 0. The number of hydrogen-bond acceptors (Lipinski definition) is 5. The number of hydrogen-bond donors (Lipinski definition) is 0. The molecule has 0 saturated carbocycles. The summed E-state index contributed by atoms with van der Waals surface area (Å²) in [4.78, 5) is 0. The van der Waals surface area contributed by atoms with Gasteiger partial charge in [0.25, 0.3) is 0 Å². The van der Waals surface area contributed by atoms with Gasteiger partial charge in [0.15, 0.2) is 0 Å². The molecule has 0 bridgehead atoms. The van der Waals surface area contributed by atoms with Crippen LogP contribution in [0.1, 0.15) is 32.1 Å². The first-order valence-electron chi connectivity index (χ1n) is 7.89. The Morgan fingerprint density at radius 2 is 0.400 bits per heavy atom. The maximum atomic E-state index is 5.51. The molecule has 1 fully saturated rings. The lowest BCUT2D eigenvalue weighted by Gasteiger charge is -2.08. The lowest BCUT2D eigenvalue weighted by molar-refractivity contribution is 0.0370. The molecule has 0 aromatic carbocycles. The molecule has 20 heavy (non-hydrogen) atoms. The lowest BCUT2D eigenvalue weighted by Crippen LogP contribution is -2.09. The van der Waals surface area contributed by atoms with Gasteiger partial charge < -0.3 is 23.7 Å². The molecule has 0 radical (unpaired) electrons. The molecule has 1 aliphatic rings. The molecule has 1 heterocycles. The minimum absolute atomic E-state index is 0.768. The quantitative estimate of drug-likeness (QED) is 0.683. The maximum Gasteiger partial charge on any atom is 0.0488 e. The van der Waals surface area contributed by atoms with Gasteiger partial charge in [-0.1, -0.05) is 0 Å². The average molecular weight is 290 g/mol. The van der Waals surface area contributed by atoms with Crippen LogP contribution in [0.3, 0.4) is 0 Å². The maximum absolute atomic E-state index is 5.51. The summed E-state index contributed by atoms with van der Waals surface area (Å²) in [7, 11) is 0. The lowest BCUT2D eigenvalue weighted by atomic mass is 10.4. The van der Waals surface area contributed by atoms with Gasteiger partial charge in [-0.25, -0.2) is 0 Å². The zero-order valence-corrected chi connectivity index (χ0v) is 12.6. The van der Waals surface area contributed by atoms with Crippen molar-refractivity contribution >= 4 is 0 Å². The van der Waals surface area contributed by atoms with Gasteiger partial charge in [0.2, 0.25) is 0 Å². The van der Waals surface area contributed by atoms with Crippen LogP contribution in [0.2, 0.25) is 0 Å². The third-order valence-electron chi connectivity index (χ3n) is 2.89. The Kier molecular flexibility index (Phi) is 13.6. The van der Waals surface area contributed by atoms with Crippen LogP contribution in [0.5, 0.6) is 0 Å². The van der Waals surface area contributed by atoms with Crippen molar-refractivity contribution < 1.29 is 23.7 Å². The van der Waals surface area contributed by atoms with Crippen molar-refractivity contribution in [2.24, 2.45) is 0 Å². The highest BCUT2D eigenvalue weighted by molar-refractivity contribution is 4.42. The highest BCUT2D eigenvalue weighted by Crippen LogP contribution is 1.94. The molecule has 1 saturated heterocycles. The fourth-order valence-corrected chi connectivity index (χ4v) is 1.83. The second kappa shape index (κ2) is 15.2. The molecule has 1 rings (SSSR count). The molecule has 0 aromatic rings. The van der Waals surface area contributed by atoms with Gasteiger partial charge in [0.1, 0.15) is 0 Å². The summed E-state index contributed by atoms with van der Waals surface area (Å²) in [6, 6.07) is 0. The highest BCUT2D eigenvalue weighted by atomic mass is 16.5. The van der Waals surface area contributed by atoms with E-state index in [-0.39, 0.29) is 0 Å². The van der Waals surface area contributed by atoms with E-state index in [2.05, 4.69) is 0 Å². The number of rotatable bonds is 0. The SMILES string of the molecule is C1COCCCOCCCOCCCOCCCOC1. The van der Waals surface area contributed by atoms with E-state index in [1.165, 1.54) is 0 Å². The smallest absolute Gasteiger partial charge is 0.0488 e. The summed E-state index contributed by atoms with van der Waals surface area (Å²) in [5.74, 6) is 0. The van der Waals surface area contributed by atoms with Gasteiger partial charge in [0.05, 0.1) is 0 Å². The van der Waals surface area contributed by atoms with Gasteiger partial charge in [-0.05, 0) is 32.1 Å². The summed E-state index contributed by atoms with van der Waals surface area (Å²) in [6.07, 6.45) is 4.79. The molecular weight excluding hydrogens is 260 g/mol. The summed E-state index contributed by atoms with van der Waals surface area (Å²) in [6.45, 7) is 7.68. The first-order valence-corrected chi connectivity index (χ1v) is 7.89. The molecule has 120 valence electrons. The van der Waals surface area contributed by atoms with Gasteiger partial charge in [0, 0.05) is 66.1 Å². The van der Waals surface area contributed by atoms with E-state index in [4.69, 9.17) is 23.7 Å². The summed E-state index contributed by atoms with van der Waals surface area (Å²) in [5.41, 5.74) is 0. The average Bonchev–Trinajstić information content (AvgIpc) is 2.46. The number of ether oxygens (including phenoxy) is 5. The predicted molar refractivity (Wildman–Crippen MR) is 77.2 cm³/mol. The van der Waals surface area contributed by atoms with Gasteiger partial charge in [-0.3, -0.25) is 0 Å². The molecule has 0 spiro atoms. The largest absolute Gasteiger partial charge is 0.381 e. The minimum Gasteiger partial charge on any atom is -0.381 e. The molecule has 5 heteroatoms. The van der Waals surface area contributed by atoms with Crippen LogP contribution in [-0.2, 0) is 23.7 Å². The van der Waals surface area contributed by atoms with E-state index < -0.39 is 0 Å². The zero-order valence-electron chi connectivity index (χ0n) is 12.6. The van der Waals surface area contributed by atoms with Gasteiger partial charge >= 0.3 is 0 Å². The van der Waals surface area contributed by atoms with Crippen molar-refractivity contribution in [1.29, 1.82) is 0 Å². The Morgan fingerprint density at radius 1 is 0.250 bits per heavy atom. The van der Waals surface area contributed by atoms with Crippen LogP contribution in [0.15, 0.2) is 0 Å². The van der Waals surface area contributed by atoms with E-state index in [0.29, 0.717) is 0 Å². The summed E-state index contributed by atoms with van der Waals surface area (Å²) < 4.78 is 27.5. The van der Waals surface area contributed by atoms with Crippen molar-refractivity contribution in [1.82, 2.24) is 0 Å². The topological polar surface area (TPSA) is 46.2 Å². The third kappa shape index (κ3) is 12.8. The van der Waals surface area contributed by atoms with Crippen LogP contribution < -0.4 is 0 Å². The van der Waals surface area contributed by atoms with Crippen molar-refractivity contribution in [2.75, 3.05) is 66.1 Å². The standard InChI is InChI=1S/C15H30O5/c1-6-16-8-2-10-18-12-4-14-20-15-5-13-19-11-3-9-17-7-1/h1-15H2. The first-order chi connectivity index (χ1) is 10.0. The van der Waals surface area contributed by atoms with Crippen LogP contribution in [0, 0.1) is 0 Å². The van der Waals surface area contributed by atoms with Crippen LogP contribution in [0.4, 0.5) is 0 Å². The van der Waals surface area contributed by atoms with Gasteiger partial charge in [-0.15, -0.1) is 0 Å². The van der Waals surface area contributed by atoms with E-state index in [0.717, 1.165) is 98.2 Å². The Morgan fingerprint density at radius 3 is 0.550 bits per heavy atom. The van der Waals surface area contributed by atoms with E-state index in [9.17, 15) is 0 Å². The molecule has 0 unspecified atom stereocenters. The normalized spacial score (nSPS) is 24.0. The van der Waals surface area contributed by atoms with Crippen LogP contribution >= 0.6 is 0 Å². The van der Waals surface area contributed by atoms with Crippen molar-refractivity contribution in [3.63, 3.8) is 0 Å². The van der Waals surface area contributed by atoms with E-state index >= 15 is 0 Å². The van der Waals surface area contributed by atoms with Crippen LogP contribution in [-0.4, -0.2) is 66.1 Å². The molecule has 5 nitrogen and oxygen atoms in total. The molecule has 0 N–H and O–H groups in total. The second-order valence-electron chi connectivity index (χ2n) is 4.83. The molecule has 0 aromatic heterocycles.